The zero-order valence-electron chi connectivity index (χ0n) is 19.2. The highest BCUT2D eigenvalue weighted by molar-refractivity contribution is 4.88. The monoisotopic (exact) mass is 450 g/mol. The van der Waals surface area contributed by atoms with E-state index in [-0.39, 0.29) is 42.7 Å². The Morgan fingerprint density at radius 3 is 1.61 bits per heavy atom. The Hall–Kier alpha value is -0.400. The minimum absolute atomic E-state index is 0.285. The highest BCUT2D eigenvalue weighted by atomic mass is 16.7. The van der Waals surface area contributed by atoms with Gasteiger partial charge in [-0.2, -0.15) is 0 Å². The lowest BCUT2D eigenvalue weighted by Crippen LogP contribution is -2.56. The van der Waals surface area contributed by atoms with E-state index in [1.807, 2.05) is 13.8 Å². The molecule has 0 saturated carbocycles. The fraction of sp³-hybridized carbons (Fsp3) is 1.00. The van der Waals surface area contributed by atoms with Crippen molar-refractivity contribution in [3.63, 3.8) is 0 Å². The topological polar surface area (TPSA) is 114 Å². The van der Waals surface area contributed by atoms with Crippen LogP contribution < -0.4 is 0 Å². The fourth-order valence-corrected chi connectivity index (χ4v) is 4.64. The molecule has 3 saturated heterocycles. The van der Waals surface area contributed by atoms with Gasteiger partial charge in [-0.1, -0.05) is 0 Å². The first-order valence-electron chi connectivity index (χ1n) is 11.0. The van der Waals surface area contributed by atoms with Crippen molar-refractivity contribution in [1.29, 1.82) is 0 Å². The number of methoxy groups -OCH3 is 3. The molecule has 2 N–H and O–H groups in total. The SMILES string of the molecule is CO[C@H]1CC(O)O[C@H](C)[C@H]1O[C@H]1C[C@H](OC)[C@H](O[C@H]2C[C@@H](OC)[C@H](O)[C@@H](C)O2)[C@@H](C)O1. The molecule has 31 heavy (non-hydrogen) atoms. The summed E-state index contributed by atoms with van der Waals surface area (Å²) in [6, 6.07) is 0. The van der Waals surface area contributed by atoms with Crippen LogP contribution in [0.3, 0.4) is 0 Å². The zero-order valence-corrected chi connectivity index (χ0v) is 19.2. The van der Waals surface area contributed by atoms with Crippen LogP contribution in [0.25, 0.3) is 0 Å². The molecular formula is C21H38O10. The Morgan fingerprint density at radius 1 is 0.613 bits per heavy atom. The molecular weight excluding hydrogens is 412 g/mol. The molecule has 0 bridgehead atoms. The Labute approximate surface area is 184 Å². The second-order valence-electron chi connectivity index (χ2n) is 8.56. The van der Waals surface area contributed by atoms with E-state index in [9.17, 15) is 10.2 Å². The van der Waals surface area contributed by atoms with E-state index in [0.717, 1.165) is 0 Å². The van der Waals surface area contributed by atoms with Crippen molar-refractivity contribution in [2.45, 2.75) is 114 Å². The van der Waals surface area contributed by atoms with Crippen LogP contribution in [0.4, 0.5) is 0 Å². The van der Waals surface area contributed by atoms with Crippen molar-refractivity contribution in [2.75, 3.05) is 21.3 Å². The normalized spacial score (nSPS) is 49.2. The minimum Gasteiger partial charge on any atom is -0.388 e. The van der Waals surface area contributed by atoms with Gasteiger partial charge in [0.1, 0.15) is 18.3 Å². The number of aliphatic hydroxyl groups excluding tert-OH is 2. The molecule has 10 nitrogen and oxygen atoms in total. The summed E-state index contributed by atoms with van der Waals surface area (Å²) >= 11 is 0. The standard InChI is InChI=1S/C21H38O10/c1-10-19(23)13(24-4)8-17(28-10)30-21-12(3)29-18(9-15(21)26-6)31-20-11(2)27-16(22)7-14(20)25-5/h10-23H,7-9H2,1-6H3/t10-,11-,12-,13-,14+,15+,16?,17+,18+,19-,20-,21-/m1/s1. The quantitative estimate of drug-likeness (QED) is 0.570. The molecule has 0 aliphatic carbocycles. The van der Waals surface area contributed by atoms with Crippen LogP contribution in [-0.4, -0.2) is 105 Å². The molecule has 1 unspecified atom stereocenters. The van der Waals surface area contributed by atoms with E-state index in [2.05, 4.69) is 0 Å². The fourth-order valence-electron chi connectivity index (χ4n) is 4.64. The van der Waals surface area contributed by atoms with Crippen molar-refractivity contribution in [3.8, 4) is 0 Å². The lowest BCUT2D eigenvalue weighted by atomic mass is 9.99. The predicted molar refractivity (Wildman–Crippen MR) is 107 cm³/mol. The molecule has 3 rings (SSSR count). The van der Waals surface area contributed by atoms with Crippen LogP contribution in [0, 0.1) is 0 Å². The maximum atomic E-state index is 10.2. The van der Waals surface area contributed by atoms with E-state index >= 15 is 0 Å². The molecule has 3 fully saturated rings. The maximum absolute atomic E-state index is 10.2. The Balaban J connectivity index is 1.60. The molecule has 182 valence electrons. The average molecular weight is 451 g/mol. The van der Waals surface area contributed by atoms with Gasteiger partial charge in [-0.15, -0.1) is 0 Å². The molecule has 0 amide bonds. The number of hydrogen-bond acceptors (Lipinski definition) is 10. The summed E-state index contributed by atoms with van der Waals surface area (Å²) in [4.78, 5) is 0. The van der Waals surface area contributed by atoms with E-state index < -0.39 is 31.1 Å². The highest BCUT2D eigenvalue weighted by Crippen LogP contribution is 2.33. The smallest absolute Gasteiger partial charge is 0.161 e. The Bertz CT molecular complexity index is 550. The summed E-state index contributed by atoms with van der Waals surface area (Å²) < 4.78 is 46.4. The highest BCUT2D eigenvalue weighted by Gasteiger charge is 2.45. The van der Waals surface area contributed by atoms with Gasteiger partial charge in [0, 0.05) is 40.6 Å². The molecule has 3 aliphatic rings. The summed E-state index contributed by atoms with van der Waals surface area (Å²) in [6.07, 6.45) is -4.26. The number of aliphatic hydroxyl groups is 2. The van der Waals surface area contributed by atoms with Gasteiger partial charge in [-0.05, 0) is 20.8 Å². The summed E-state index contributed by atoms with van der Waals surface area (Å²) in [5.41, 5.74) is 0. The first-order chi connectivity index (χ1) is 14.8. The van der Waals surface area contributed by atoms with Gasteiger partial charge in [-0.25, -0.2) is 0 Å². The van der Waals surface area contributed by atoms with Crippen LogP contribution in [0.15, 0.2) is 0 Å². The van der Waals surface area contributed by atoms with Crippen LogP contribution >= 0.6 is 0 Å². The van der Waals surface area contributed by atoms with Gasteiger partial charge in [0.2, 0.25) is 0 Å². The Morgan fingerprint density at radius 2 is 1.06 bits per heavy atom. The van der Waals surface area contributed by atoms with E-state index in [1.54, 1.807) is 28.3 Å². The van der Waals surface area contributed by atoms with Gasteiger partial charge in [0.25, 0.3) is 0 Å². The number of ether oxygens (including phenoxy) is 8. The van der Waals surface area contributed by atoms with E-state index in [4.69, 9.17) is 37.9 Å². The third-order valence-corrected chi connectivity index (χ3v) is 6.43. The molecule has 10 heteroatoms. The Kier molecular flexibility index (Phi) is 9.07. The van der Waals surface area contributed by atoms with Gasteiger partial charge < -0.3 is 48.1 Å². The third-order valence-electron chi connectivity index (χ3n) is 6.43. The molecule has 0 spiro atoms. The van der Waals surface area contributed by atoms with Crippen molar-refractivity contribution >= 4 is 0 Å². The summed E-state index contributed by atoms with van der Waals surface area (Å²) in [7, 11) is 4.79. The van der Waals surface area contributed by atoms with Gasteiger partial charge >= 0.3 is 0 Å². The minimum atomic E-state index is -0.872. The average Bonchev–Trinajstić information content (AvgIpc) is 2.73. The van der Waals surface area contributed by atoms with E-state index in [0.29, 0.717) is 19.3 Å². The largest absolute Gasteiger partial charge is 0.388 e. The first-order valence-corrected chi connectivity index (χ1v) is 11.0. The lowest BCUT2D eigenvalue weighted by Gasteiger charge is -2.45. The predicted octanol–water partition coefficient (Wildman–Crippen LogP) is 0.560. The lowest BCUT2D eigenvalue weighted by molar-refractivity contribution is -0.334. The summed E-state index contributed by atoms with van der Waals surface area (Å²) in [5.74, 6) is 0. The van der Waals surface area contributed by atoms with Gasteiger partial charge in [0.15, 0.2) is 18.9 Å². The van der Waals surface area contributed by atoms with Crippen LogP contribution in [0.5, 0.6) is 0 Å². The maximum Gasteiger partial charge on any atom is 0.161 e. The summed E-state index contributed by atoms with van der Waals surface area (Å²) in [5, 5.41) is 20.0. The van der Waals surface area contributed by atoms with Crippen molar-refractivity contribution < 1.29 is 48.1 Å². The van der Waals surface area contributed by atoms with Crippen LogP contribution in [0.1, 0.15) is 40.0 Å². The second-order valence-corrected chi connectivity index (χ2v) is 8.56. The molecule has 0 aromatic heterocycles. The molecule has 0 radical (unpaired) electrons. The number of hydrogen-bond donors (Lipinski definition) is 2. The molecule has 3 heterocycles. The second kappa shape index (κ2) is 11.1. The van der Waals surface area contributed by atoms with Gasteiger partial charge in [-0.3, -0.25) is 0 Å². The molecule has 3 aliphatic heterocycles. The summed E-state index contributed by atoms with van der Waals surface area (Å²) in [6.45, 7) is 5.54. The van der Waals surface area contributed by atoms with Crippen molar-refractivity contribution in [2.24, 2.45) is 0 Å². The van der Waals surface area contributed by atoms with Crippen LogP contribution in [0.2, 0.25) is 0 Å². The molecule has 0 aromatic rings. The number of rotatable bonds is 7. The van der Waals surface area contributed by atoms with Gasteiger partial charge in [0.05, 0.1) is 36.6 Å². The van der Waals surface area contributed by atoms with Crippen LogP contribution in [-0.2, 0) is 37.9 Å². The van der Waals surface area contributed by atoms with E-state index in [1.165, 1.54) is 0 Å². The molecule has 12 atom stereocenters. The van der Waals surface area contributed by atoms with Crippen molar-refractivity contribution in [1.82, 2.24) is 0 Å². The zero-order chi connectivity index (χ0) is 22.7. The first kappa shape index (κ1) is 25.2. The third kappa shape index (κ3) is 5.94. The van der Waals surface area contributed by atoms with Crippen molar-refractivity contribution in [3.05, 3.63) is 0 Å². The molecule has 0 aromatic carbocycles.